The highest BCUT2D eigenvalue weighted by atomic mass is 35.5. The second-order valence-electron chi connectivity index (χ2n) is 22.6. The van der Waals surface area contributed by atoms with E-state index in [1.807, 2.05) is 6.07 Å². The van der Waals surface area contributed by atoms with E-state index in [1.54, 1.807) is 0 Å². The largest absolute Gasteiger partial charge is 0.310 e. The van der Waals surface area contributed by atoms with Crippen LogP contribution in [0.25, 0.3) is 0 Å². The van der Waals surface area contributed by atoms with Gasteiger partial charge in [-0.05, 0) is 196 Å². The van der Waals surface area contributed by atoms with Crippen molar-refractivity contribution in [2.24, 2.45) is 0 Å². The highest BCUT2D eigenvalue weighted by molar-refractivity contribution is 6.30. The Labute approximate surface area is 362 Å². The summed E-state index contributed by atoms with van der Waals surface area (Å²) in [4.78, 5) is 5.01. The van der Waals surface area contributed by atoms with Crippen LogP contribution < -0.4 is 9.80 Å². The summed E-state index contributed by atoms with van der Waals surface area (Å²) in [6.45, 7) is 33.7. The molecule has 3 aliphatic rings. The van der Waals surface area contributed by atoms with Gasteiger partial charge in [-0.2, -0.15) is 0 Å². The molecule has 0 spiro atoms. The molecule has 0 saturated heterocycles. The molecule has 0 heterocycles. The highest BCUT2D eigenvalue weighted by Gasteiger charge is 2.41. The Bertz CT molecular complexity index is 2380. The molecule has 59 heavy (non-hydrogen) atoms. The number of fused-ring (bicyclic) bond motifs is 3. The summed E-state index contributed by atoms with van der Waals surface area (Å²) in [6, 6.07) is 35.3. The van der Waals surface area contributed by atoms with Gasteiger partial charge in [0.15, 0.2) is 0 Å². The van der Waals surface area contributed by atoms with Crippen LogP contribution in [-0.2, 0) is 32.5 Å². The zero-order valence-corrected chi connectivity index (χ0v) is 39.4. The fraction of sp³-hybridized carbons (Fsp3) is 0.464. The molecule has 0 fully saturated rings. The van der Waals surface area contributed by atoms with Crippen molar-refractivity contribution < 1.29 is 0 Å². The minimum absolute atomic E-state index is 0.0749. The first-order valence-electron chi connectivity index (χ1n) is 22.3. The molecule has 0 bridgehead atoms. The fourth-order valence-electron chi connectivity index (χ4n) is 10.9. The molecule has 3 heteroatoms. The van der Waals surface area contributed by atoms with Crippen LogP contribution in [0, 0.1) is 13.8 Å². The number of rotatable bonds is 6. The first-order chi connectivity index (χ1) is 27.4. The second kappa shape index (κ2) is 14.0. The maximum atomic E-state index is 6.84. The molecule has 0 unspecified atom stereocenters. The van der Waals surface area contributed by atoms with Crippen molar-refractivity contribution in [3.63, 3.8) is 0 Å². The topological polar surface area (TPSA) is 6.48 Å². The summed E-state index contributed by atoms with van der Waals surface area (Å²) in [6.07, 6.45) is 7.10. The second-order valence-corrected chi connectivity index (χ2v) is 23.1. The summed E-state index contributed by atoms with van der Waals surface area (Å²) >= 11 is 6.84. The van der Waals surface area contributed by atoms with E-state index in [0.717, 1.165) is 22.1 Å². The van der Waals surface area contributed by atoms with E-state index in [9.17, 15) is 0 Å². The monoisotopic (exact) mass is 805 g/mol. The third kappa shape index (κ3) is 7.34. The molecular formula is C56H69ClN2. The lowest BCUT2D eigenvalue weighted by Gasteiger charge is -2.43. The Kier molecular flexibility index (Phi) is 9.91. The van der Waals surface area contributed by atoms with E-state index in [0.29, 0.717) is 0 Å². The number of aryl methyl sites for hydroxylation is 2. The molecule has 310 valence electrons. The van der Waals surface area contributed by atoms with Gasteiger partial charge in [-0.1, -0.05) is 119 Å². The molecule has 0 aromatic heterocycles. The number of hydrogen-bond acceptors (Lipinski definition) is 2. The van der Waals surface area contributed by atoms with Crippen molar-refractivity contribution in [3.05, 3.63) is 141 Å². The predicted octanol–water partition coefficient (Wildman–Crippen LogP) is 16.9. The molecule has 0 atom stereocenters. The van der Waals surface area contributed by atoms with Crippen LogP contribution >= 0.6 is 11.6 Å². The van der Waals surface area contributed by atoms with Crippen LogP contribution in [-0.4, -0.2) is 0 Å². The Hall–Kier alpha value is -4.01. The summed E-state index contributed by atoms with van der Waals surface area (Å²) in [5, 5.41) is 0.735. The molecule has 2 nitrogen and oxygen atoms in total. The molecule has 0 aliphatic heterocycles. The predicted molar refractivity (Wildman–Crippen MR) is 256 cm³/mol. The van der Waals surface area contributed by atoms with Crippen LogP contribution in [0.2, 0.25) is 5.02 Å². The van der Waals surface area contributed by atoms with Gasteiger partial charge in [0.05, 0.1) is 0 Å². The van der Waals surface area contributed by atoms with Crippen LogP contribution in [0.1, 0.15) is 166 Å². The van der Waals surface area contributed by atoms with Gasteiger partial charge in [-0.25, -0.2) is 0 Å². The first-order valence-corrected chi connectivity index (χ1v) is 22.7. The number of nitrogens with zero attached hydrogens (tertiary/aromatic N) is 2. The molecule has 5 aromatic rings. The number of anilines is 6. The maximum absolute atomic E-state index is 6.84. The summed E-state index contributed by atoms with van der Waals surface area (Å²) in [7, 11) is 0. The first kappa shape index (κ1) is 41.7. The number of hydrogen-bond donors (Lipinski definition) is 0. The lowest BCUT2D eigenvalue weighted by atomic mass is 9.63. The van der Waals surface area contributed by atoms with E-state index in [4.69, 9.17) is 11.6 Å². The fourth-order valence-corrected chi connectivity index (χ4v) is 11.1. The van der Waals surface area contributed by atoms with E-state index in [-0.39, 0.29) is 32.5 Å². The van der Waals surface area contributed by atoms with Crippen LogP contribution in [0.4, 0.5) is 34.1 Å². The van der Waals surface area contributed by atoms with E-state index in [1.165, 1.54) is 100 Å². The molecule has 8 rings (SSSR count). The lowest BCUT2D eigenvalue weighted by molar-refractivity contribution is 0.332. The average molecular weight is 806 g/mol. The summed E-state index contributed by atoms with van der Waals surface area (Å²) in [5.41, 5.74) is 19.0. The van der Waals surface area contributed by atoms with Gasteiger partial charge in [0.25, 0.3) is 0 Å². The Morgan fingerprint density at radius 2 is 0.763 bits per heavy atom. The lowest BCUT2D eigenvalue weighted by Crippen LogP contribution is -2.34. The van der Waals surface area contributed by atoms with Crippen LogP contribution in [0.3, 0.4) is 0 Å². The molecule has 0 radical (unpaired) electrons. The van der Waals surface area contributed by atoms with E-state index >= 15 is 0 Å². The minimum atomic E-state index is 0.0749. The third-order valence-electron chi connectivity index (χ3n) is 15.2. The Morgan fingerprint density at radius 3 is 1.22 bits per heavy atom. The standard InChI is InChI=1S/C56H69ClN2/c1-36-28-42(32-43(29-36)59(39-17-15-16-38(57)31-39)50-35-49-46(30-37(50)2)53(7,8)26-27-56(49,13)14)58(40-18-20-44-47(33-40)54(9,10)24-22-51(44,3)4)41-19-21-45-48(34-41)55(11,12)25-23-52(45,5)6/h15-21,28-35H,22-27H2,1-14H3. The van der Waals surface area contributed by atoms with Crippen molar-refractivity contribution >= 4 is 45.7 Å². The number of benzene rings is 5. The van der Waals surface area contributed by atoms with Gasteiger partial charge >= 0.3 is 0 Å². The average Bonchev–Trinajstić information content (AvgIpc) is 3.15. The molecule has 3 aliphatic carbocycles. The molecule has 5 aromatic carbocycles. The zero-order chi connectivity index (χ0) is 42.7. The van der Waals surface area contributed by atoms with Crippen LogP contribution in [0.5, 0.6) is 0 Å². The van der Waals surface area contributed by atoms with E-state index < -0.39 is 0 Å². The molecule has 0 N–H and O–H groups in total. The quantitative estimate of drug-likeness (QED) is 0.169. The molecular weight excluding hydrogens is 736 g/mol. The number of halogens is 1. The van der Waals surface area contributed by atoms with Crippen molar-refractivity contribution in [2.75, 3.05) is 9.80 Å². The van der Waals surface area contributed by atoms with Crippen LogP contribution in [0.15, 0.2) is 91.0 Å². The van der Waals surface area contributed by atoms with Crippen molar-refractivity contribution in [3.8, 4) is 0 Å². The Morgan fingerprint density at radius 1 is 0.373 bits per heavy atom. The van der Waals surface area contributed by atoms with Gasteiger partial charge in [0.2, 0.25) is 0 Å². The van der Waals surface area contributed by atoms with Gasteiger partial charge in [0.1, 0.15) is 0 Å². The van der Waals surface area contributed by atoms with Crippen molar-refractivity contribution in [1.29, 1.82) is 0 Å². The van der Waals surface area contributed by atoms with Gasteiger partial charge in [0, 0.05) is 39.1 Å². The normalized spacial score (nSPS) is 20.2. The zero-order valence-electron chi connectivity index (χ0n) is 38.7. The smallest absolute Gasteiger partial charge is 0.0493 e. The molecule has 0 amide bonds. The molecule has 0 saturated carbocycles. The Balaban J connectivity index is 1.38. The minimum Gasteiger partial charge on any atom is -0.310 e. The summed E-state index contributed by atoms with van der Waals surface area (Å²) < 4.78 is 0. The third-order valence-corrected chi connectivity index (χ3v) is 15.5. The van der Waals surface area contributed by atoms with Gasteiger partial charge in [-0.3, -0.25) is 0 Å². The maximum Gasteiger partial charge on any atom is 0.0493 e. The van der Waals surface area contributed by atoms with Crippen molar-refractivity contribution in [2.45, 2.75) is 168 Å². The SMILES string of the molecule is Cc1cc(N(c2ccc3c(c2)C(C)(C)CCC3(C)C)c2ccc3c(c2)C(C)(C)CCC3(C)C)cc(N(c2cccc(Cl)c2)c2cc3c(cc2C)C(C)(C)CCC3(C)C)c1. The van der Waals surface area contributed by atoms with Gasteiger partial charge in [-0.15, -0.1) is 0 Å². The summed E-state index contributed by atoms with van der Waals surface area (Å²) in [5.74, 6) is 0. The van der Waals surface area contributed by atoms with Crippen molar-refractivity contribution in [1.82, 2.24) is 0 Å². The highest BCUT2D eigenvalue weighted by Crippen LogP contribution is 2.53. The van der Waals surface area contributed by atoms with E-state index in [2.05, 4.69) is 192 Å². The van der Waals surface area contributed by atoms with Gasteiger partial charge < -0.3 is 9.80 Å².